The summed E-state index contributed by atoms with van der Waals surface area (Å²) < 4.78 is 0.923. The van der Waals surface area contributed by atoms with E-state index in [1.54, 1.807) is 18.3 Å². The second-order valence-corrected chi connectivity index (χ2v) is 5.20. The van der Waals surface area contributed by atoms with E-state index in [0.29, 0.717) is 5.56 Å². The van der Waals surface area contributed by atoms with Gasteiger partial charge >= 0.3 is 0 Å². The van der Waals surface area contributed by atoms with E-state index < -0.39 is 0 Å². The van der Waals surface area contributed by atoms with Crippen molar-refractivity contribution in [2.75, 3.05) is 0 Å². The molecule has 2 aromatic heterocycles. The quantitative estimate of drug-likeness (QED) is 0.851. The highest BCUT2D eigenvalue weighted by atomic mass is 79.9. The first kappa shape index (κ1) is 12.1. The average Bonchev–Trinajstić information content (AvgIpc) is 2.31. The van der Waals surface area contributed by atoms with Crippen LogP contribution in [0.4, 0.5) is 0 Å². The molecule has 2 heterocycles. The summed E-state index contributed by atoms with van der Waals surface area (Å²) in [6.45, 7) is 1.87. The van der Waals surface area contributed by atoms with Gasteiger partial charge in [0.25, 0.3) is 0 Å². The second kappa shape index (κ2) is 5.30. The Morgan fingerprint density at radius 3 is 2.94 bits per heavy atom. The Balaban J connectivity index is 2.34. The smallest absolute Gasteiger partial charge is 0.116 e. The van der Waals surface area contributed by atoms with Gasteiger partial charge < -0.3 is 0 Å². The highest BCUT2D eigenvalue weighted by Gasteiger charge is 2.06. The minimum absolute atomic E-state index is 0.618. The zero-order valence-electron chi connectivity index (χ0n) is 9.01. The van der Waals surface area contributed by atoms with Crippen molar-refractivity contribution in [2.24, 2.45) is 0 Å². The Labute approximate surface area is 112 Å². The van der Waals surface area contributed by atoms with Crippen LogP contribution in [0.2, 0.25) is 0 Å². The van der Waals surface area contributed by atoms with Gasteiger partial charge in [0.1, 0.15) is 10.1 Å². The number of nitrogens with zero attached hydrogens (tertiary/aromatic N) is 3. The molecule has 17 heavy (non-hydrogen) atoms. The largest absolute Gasteiger partial charge is 0.248 e. The first-order chi connectivity index (χ1) is 8.19. The molecule has 0 aromatic carbocycles. The normalized spacial score (nSPS) is 9.94. The van der Waals surface area contributed by atoms with E-state index in [2.05, 4.69) is 32.0 Å². The van der Waals surface area contributed by atoms with Crippen LogP contribution in [0.1, 0.15) is 11.3 Å². The maximum Gasteiger partial charge on any atom is 0.116 e. The van der Waals surface area contributed by atoms with Crippen LogP contribution in [0.5, 0.6) is 0 Å². The van der Waals surface area contributed by atoms with Crippen LogP contribution in [0.25, 0.3) is 0 Å². The molecule has 0 amide bonds. The lowest BCUT2D eigenvalue weighted by molar-refractivity contribution is 1.04. The minimum atomic E-state index is 0.618. The molecule has 0 bridgehead atoms. The molecule has 0 aliphatic heterocycles. The first-order valence-corrected chi connectivity index (χ1v) is 6.47. The molecule has 0 N–H and O–H groups in total. The number of nitriles is 1. The molecule has 2 rings (SSSR count). The minimum Gasteiger partial charge on any atom is -0.248 e. The molecule has 0 unspecified atom stereocenters. The lowest BCUT2D eigenvalue weighted by atomic mass is 10.2. The summed E-state index contributed by atoms with van der Waals surface area (Å²) in [5.41, 5.74) is 1.45. The molecule has 0 saturated heterocycles. The number of aromatic nitrogens is 2. The Hall–Kier alpha value is -1.38. The van der Waals surface area contributed by atoms with Gasteiger partial charge in [-0.2, -0.15) is 5.26 Å². The predicted octanol–water partition coefficient (Wildman–Crippen LogP) is 3.57. The van der Waals surface area contributed by atoms with E-state index in [0.717, 1.165) is 20.2 Å². The molecule has 5 heteroatoms. The Morgan fingerprint density at radius 1 is 1.41 bits per heavy atom. The SMILES string of the molecule is Cc1cc(C#N)cc(Sc2ncccc2Br)n1. The number of hydrogen-bond acceptors (Lipinski definition) is 4. The van der Waals surface area contributed by atoms with Gasteiger partial charge in [0, 0.05) is 11.9 Å². The predicted molar refractivity (Wildman–Crippen MR) is 69.7 cm³/mol. The molecule has 0 aliphatic carbocycles. The van der Waals surface area contributed by atoms with Crippen LogP contribution in [-0.2, 0) is 0 Å². The van der Waals surface area contributed by atoms with Crippen molar-refractivity contribution in [2.45, 2.75) is 17.0 Å². The number of rotatable bonds is 2. The molecule has 0 fully saturated rings. The van der Waals surface area contributed by atoms with Gasteiger partial charge in [-0.05, 0) is 58.9 Å². The number of hydrogen-bond donors (Lipinski definition) is 0. The van der Waals surface area contributed by atoms with E-state index in [4.69, 9.17) is 5.26 Å². The topological polar surface area (TPSA) is 49.6 Å². The summed E-state index contributed by atoms with van der Waals surface area (Å²) in [5.74, 6) is 0. The zero-order valence-corrected chi connectivity index (χ0v) is 11.4. The van der Waals surface area contributed by atoms with Crippen molar-refractivity contribution in [3.8, 4) is 6.07 Å². The standard InChI is InChI=1S/C12H8BrN3S/c1-8-5-9(7-14)6-11(16-8)17-12-10(13)3-2-4-15-12/h2-6H,1H3. The Morgan fingerprint density at radius 2 is 2.24 bits per heavy atom. The fourth-order valence-electron chi connectivity index (χ4n) is 1.30. The average molecular weight is 306 g/mol. The van der Waals surface area contributed by atoms with E-state index in [1.807, 2.05) is 19.1 Å². The number of pyridine rings is 2. The van der Waals surface area contributed by atoms with E-state index >= 15 is 0 Å². The number of aryl methyl sites for hydroxylation is 1. The Bertz CT molecular complexity index is 593. The maximum absolute atomic E-state index is 8.90. The molecule has 0 saturated carbocycles. The molecular formula is C12H8BrN3S. The maximum atomic E-state index is 8.90. The van der Waals surface area contributed by atoms with Crippen molar-refractivity contribution >= 4 is 27.7 Å². The lowest BCUT2D eigenvalue weighted by Gasteiger charge is -2.03. The Kier molecular flexibility index (Phi) is 3.77. The highest BCUT2D eigenvalue weighted by Crippen LogP contribution is 2.30. The van der Waals surface area contributed by atoms with Crippen LogP contribution in [-0.4, -0.2) is 9.97 Å². The monoisotopic (exact) mass is 305 g/mol. The summed E-state index contributed by atoms with van der Waals surface area (Å²) >= 11 is 4.87. The molecule has 2 aromatic rings. The van der Waals surface area contributed by atoms with Gasteiger partial charge in [-0.1, -0.05) is 0 Å². The van der Waals surface area contributed by atoms with Gasteiger partial charge in [-0.3, -0.25) is 0 Å². The molecule has 0 aliphatic rings. The molecular weight excluding hydrogens is 298 g/mol. The molecule has 0 atom stereocenters. The third-order valence-corrected chi connectivity index (χ3v) is 3.82. The van der Waals surface area contributed by atoms with Crippen molar-refractivity contribution in [3.05, 3.63) is 46.2 Å². The van der Waals surface area contributed by atoms with Crippen LogP contribution >= 0.6 is 27.7 Å². The third-order valence-electron chi connectivity index (χ3n) is 1.98. The van der Waals surface area contributed by atoms with Gasteiger partial charge in [0.15, 0.2) is 0 Å². The lowest BCUT2D eigenvalue weighted by Crippen LogP contribution is -1.89. The second-order valence-electron chi connectivity index (χ2n) is 3.34. The molecule has 84 valence electrons. The van der Waals surface area contributed by atoms with Crippen LogP contribution in [0.15, 0.2) is 45.0 Å². The van der Waals surface area contributed by atoms with Crippen molar-refractivity contribution in [3.63, 3.8) is 0 Å². The van der Waals surface area contributed by atoms with Gasteiger partial charge in [0.05, 0.1) is 16.1 Å². The van der Waals surface area contributed by atoms with Crippen LogP contribution < -0.4 is 0 Å². The van der Waals surface area contributed by atoms with Gasteiger partial charge in [-0.25, -0.2) is 9.97 Å². The summed E-state index contributed by atoms with van der Waals surface area (Å²) in [5, 5.41) is 10.5. The van der Waals surface area contributed by atoms with E-state index in [9.17, 15) is 0 Å². The molecule has 0 radical (unpaired) electrons. The van der Waals surface area contributed by atoms with Gasteiger partial charge in [0.2, 0.25) is 0 Å². The summed E-state index contributed by atoms with van der Waals surface area (Å²) in [6.07, 6.45) is 1.73. The van der Waals surface area contributed by atoms with Crippen LogP contribution in [0.3, 0.4) is 0 Å². The van der Waals surface area contributed by atoms with E-state index in [1.165, 1.54) is 11.8 Å². The van der Waals surface area contributed by atoms with E-state index in [-0.39, 0.29) is 0 Å². The molecule has 3 nitrogen and oxygen atoms in total. The molecule has 0 spiro atoms. The summed E-state index contributed by atoms with van der Waals surface area (Å²) in [7, 11) is 0. The van der Waals surface area contributed by atoms with Crippen molar-refractivity contribution in [1.29, 1.82) is 5.26 Å². The van der Waals surface area contributed by atoms with Gasteiger partial charge in [-0.15, -0.1) is 0 Å². The summed E-state index contributed by atoms with van der Waals surface area (Å²) in [4.78, 5) is 8.62. The van der Waals surface area contributed by atoms with Crippen LogP contribution in [0, 0.1) is 18.3 Å². The number of halogens is 1. The summed E-state index contributed by atoms with van der Waals surface area (Å²) in [6, 6.07) is 9.43. The van der Waals surface area contributed by atoms with Crippen molar-refractivity contribution in [1.82, 2.24) is 9.97 Å². The van der Waals surface area contributed by atoms with Crippen molar-refractivity contribution < 1.29 is 0 Å². The fraction of sp³-hybridized carbons (Fsp3) is 0.0833. The fourth-order valence-corrected chi connectivity index (χ4v) is 2.65. The first-order valence-electron chi connectivity index (χ1n) is 4.86. The zero-order chi connectivity index (χ0) is 12.3. The highest BCUT2D eigenvalue weighted by molar-refractivity contribution is 9.10. The third kappa shape index (κ3) is 3.05.